The first-order valence-corrected chi connectivity index (χ1v) is 7.30. The molecule has 0 saturated heterocycles. The fourth-order valence-corrected chi connectivity index (χ4v) is 3.10. The Morgan fingerprint density at radius 1 is 1.33 bits per heavy atom. The number of nitrogens with one attached hydrogen (secondary N) is 1. The van der Waals surface area contributed by atoms with Crippen LogP contribution in [0.1, 0.15) is 48.9 Å². The van der Waals surface area contributed by atoms with Crippen LogP contribution in [0.3, 0.4) is 0 Å². The third kappa shape index (κ3) is 3.09. The number of aryl methyl sites for hydroxylation is 1. The molecule has 1 aliphatic carbocycles. The number of hydrogen-bond donors (Lipinski definition) is 1. The molecule has 0 heterocycles. The molecule has 0 aromatic heterocycles. The molecule has 118 valence electrons. The summed E-state index contributed by atoms with van der Waals surface area (Å²) in [5.41, 5.74) is 0.658. The predicted octanol–water partition coefficient (Wildman–Crippen LogP) is 4.23. The lowest BCUT2D eigenvalue weighted by Crippen LogP contribution is -2.50. The molecule has 1 aromatic carbocycles. The Morgan fingerprint density at radius 3 is 2.38 bits per heavy atom. The van der Waals surface area contributed by atoms with Gasteiger partial charge < -0.3 is 10.1 Å². The molecule has 0 spiro atoms. The molecule has 1 atom stereocenters. The second-order valence-corrected chi connectivity index (χ2v) is 5.68. The highest BCUT2D eigenvalue weighted by Crippen LogP contribution is 2.46. The molecule has 0 amide bonds. The first-order chi connectivity index (χ1) is 9.84. The van der Waals surface area contributed by atoms with Gasteiger partial charge in [0, 0.05) is 7.11 Å². The van der Waals surface area contributed by atoms with E-state index in [9.17, 15) is 13.2 Å². The molecule has 1 aliphatic rings. The average molecular weight is 301 g/mol. The molecular formula is C16H22F3NO. The second-order valence-electron chi connectivity index (χ2n) is 5.68. The van der Waals surface area contributed by atoms with E-state index in [0.717, 1.165) is 37.4 Å². The number of halogens is 3. The van der Waals surface area contributed by atoms with Crippen LogP contribution in [-0.2, 0) is 10.9 Å². The Morgan fingerprint density at radius 2 is 2.00 bits per heavy atom. The SMILES string of the molecule is CCNC(c1ccc(C(F)(F)F)cc1C)C1(OC)CCC1. The summed E-state index contributed by atoms with van der Waals surface area (Å²) in [6.07, 6.45) is -1.34. The molecule has 0 radical (unpaired) electrons. The minimum atomic E-state index is -4.30. The van der Waals surface area contributed by atoms with Crippen molar-refractivity contribution in [3.63, 3.8) is 0 Å². The number of rotatable bonds is 5. The van der Waals surface area contributed by atoms with Crippen molar-refractivity contribution in [2.45, 2.75) is 50.9 Å². The molecule has 1 aromatic rings. The third-order valence-electron chi connectivity index (χ3n) is 4.45. The normalized spacial score (nSPS) is 19.1. The van der Waals surface area contributed by atoms with E-state index in [-0.39, 0.29) is 11.6 Å². The molecule has 2 nitrogen and oxygen atoms in total. The van der Waals surface area contributed by atoms with Crippen LogP contribution in [0.5, 0.6) is 0 Å². The number of methoxy groups -OCH3 is 1. The van der Waals surface area contributed by atoms with Crippen molar-refractivity contribution in [1.82, 2.24) is 5.32 Å². The van der Waals surface area contributed by atoms with E-state index in [2.05, 4.69) is 5.32 Å². The smallest absolute Gasteiger partial charge is 0.376 e. The third-order valence-corrected chi connectivity index (χ3v) is 4.45. The topological polar surface area (TPSA) is 21.3 Å². The molecule has 0 bridgehead atoms. The van der Waals surface area contributed by atoms with Gasteiger partial charge in [0.15, 0.2) is 0 Å². The zero-order valence-electron chi connectivity index (χ0n) is 12.7. The van der Waals surface area contributed by atoms with Crippen molar-refractivity contribution in [3.05, 3.63) is 34.9 Å². The molecule has 0 aliphatic heterocycles. The van der Waals surface area contributed by atoms with Crippen molar-refractivity contribution in [1.29, 1.82) is 0 Å². The van der Waals surface area contributed by atoms with Crippen LogP contribution in [0.4, 0.5) is 13.2 Å². The summed E-state index contributed by atoms with van der Waals surface area (Å²) >= 11 is 0. The molecule has 1 saturated carbocycles. The van der Waals surface area contributed by atoms with Gasteiger partial charge in [-0.1, -0.05) is 13.0 Å². The molecular weight excluding hydrogens is 279 g/mol. The van der Waals surface area contributed by atoms with Gasteiger partial charge in [0.1, 0.15) is 0 Å². The first kappa shape index (κ1) is 16.3. The van der Waals surface area contributed by atoms with Gasteiger partial charge in [-0.05, 0) is 56.0 Å². The monoisotopic (exact) mass is 301 g/mol. The lowest BCUT2D eigenvalue weighted by molar-refractivity contribution is -0.137. The highest BCUT2D eigenvalue weighted by atomic mass is 19.4. The quantitative estimate of drug-likeness (QED) is 0.878. The van der Waals surface area contributed by atoms with Gasteiger partial charge >= 0.3 is 6.18 Å². The van der Waals surface area contributed by atoms with Crippen molar-refractivity contribution >= 4 is 0 Å². The van der Waals surface area contributed by atoms with Crippen molar-refractivity contribution in [3.8, 4) is 0 Å². The van der Waals surface area contributed by atoms with E-state index in [1.54, 1.807) is 20.1 Å². The standard InChI is InChI=1S/C16H22F3NO/c1-4-20-14(15(21-3)8-5-9-15)13-7-6-12(10-11(13)2)16(17,18)19/h6-7,10,14,20H,4-5,8-9H2,1-3H3. The van der Waals surface area contributed by atoms with E-state index in [1.165, 1.54) is 6.07 Å². The predicted molar refractivity (Wildman–Crippen MR) is 76.2 cm³/mol. The van der Waals surface area contributed by atoms with Gasteiger partial charge in [-0.2, -0.15) is 13.2 Å². The van der Waals surface area contributed by atoms with E-state index in [0.29, 0.717) is 5.56 Å². The van der Waals surface area contributed by atoms with E-state index in [4.69, 9.17) is 4.74 Å². The van der Waals surface area contributed by atoms with Crippen molar-refractivity contribution < 1.29 is 17.9 Å². The van der Waals surface area contributed by atoms with Gasteiger partial charge in [-0.25, -0.2) is 0 Å². The Labute approximate surface area is 123 Å². The maximum atomic E-state index is 12.8. The summed E-state index contributed by atoms with van der Waals surface area (Å²) in [4.78, 5) is 0. The molecule has 1 N–H and O–H groups in total. The van der Waals surface area contributed by atoms with Crippen LogP contribution < -0.4 is 5.32 Å². The average Bonchev–Trinajstić information content (AvgIpc) is 2.36. The Hall–Kier alpha value is -1.07. The number of ether oxygens (including phenoxy) is 1. The van der Waals surface area contributed by atoms with Crippen LogP contribution in [0, 0.1) is 6.92 Å². The van der Waals surface area contributed by atoms with Crippen LogP contribution in [0.2, 0.25) is 0 Å². The van der Waals surface area contributed by atoms with Crippen molar-refractivity contribution in [2.75, 3.05) is 13.7 Å². The minimum Gasteiger partial charge on any atom is -0.376 e. The van der Waals surface area contributed by atoms with Gasteiger partial charge in [0.25, 0.3) is 0 Å². The fourth-order valence-electron chi connectivity index (χ4n) is 3.10. The second kappa shape index (κ2) is 5.97. The summed E-state index contributed by atoms with van der Waals surface area (Å²) in [6.45, 7) is 4.47. The lowest BCUT2D eigenvalue weighted by Gasteiger charge is -2.47. The Kier molecular flexibility index (Phi) is 4.63. The number of hydrogen-bond acceptors (Lipinski definition) is 2. The van der Waals surface area contributed by atoms with Crippen LogP contribution in [-0.4, -0.2) is 19.3 Å². The highest BCUT2D eigenvalue weighted by molar-refractivity contribution is 5.36. The highest BCUT2D eigenvalue weighted by Gasteiger charge is 2.45. The number of benzene rings is 1. The number of likely N-dealkylation sites (N-methyl/N-ethyl adjacent to an activating group) is 1. The van der Waals surface area contributed by atoms with E-state index < -0.39 is 11.7 Å². The molecule has 21 heavy (non-hydrogen) atoms. The fraction of sp³-hybridized carbons (Fsp3) is 0.625. The van der Waals surface area contributed by atoms with Gasteiger partial charge in [0.2, 0.25) is 0 Å². The van der Waals surface area contributed by atoms with Crippen molar-refractivity contribution in [2.24, 2.45) is 0 Å². The largest absolute Gasteiger partial charge is 0.416 e. The molecule has 1 fully saturated rings. The maximum Gasteiger partial charge on any atom is 0.416 e. The van der Waals surface area contributed by atoms with Crippen LogP contribution in [0.25, 0.3) is 0 Å². The van der Waals surface area contributed by atoms with Gasteiger partial charge in [-0.15, -0.1) is 0 Å². The maximum absolute atomic E-state index is 12.8. The Balaban J connectivity index is 2.37. The molecule has 1 unspecified atom stereocenters. The summed E-state index contributed by atoms with van der Waals surface area (Å²) in [5.74, 6) is 0. The summed E-state index contributed by atoms with van der Waals surface area (Å²) < 4.78 is 44.1. The van der Waals surface area contributed by atoms with Gasteiger partial charge in [0.05, 0.1) is 17.2 Å². The zero-order valence-corrected chi connectivity index (χ0v) is 12.7. The summed E-state index contributed by atoms with van der Waals surface area (Å²) in [6, 6.07) is 3.91. The zero-order chi connectivity index (χ0) is 15.7. The molecule has 2 rings (SSSR count). The minimum absolute atomic E-state index is 0.0662. The first-order valence-electron chi connectivity index (χ1n) is 7.30. The number of alkyl halides is 3. The summed E-state index contributed by atoms with van der Waals surface area (Å²) in [5, 5.41) is 3.39. The van der Waals surface area contributed by atoms with E-state index in [1.807, 2.05) is 6.92 Å². The van der Waals surface area contributed by atoms with Gasteiger partial charge in [-0.3, -0.25) is 0 Å². The van der Waals surface area contributed by atoms with Crippen LogP contribution >= 0.6 is 0 Å². The molecule has 5 heteroatoms. The summed E-state index contributed by atoms with van der Waals surface area (Å²) in [7, 11) is 1.68. The Bertz CT molecular complexity index is 489. The lowest BCUT2D eigenvalue weighted by atomic mass is 9.71. The van der Waals surface area contributed by atoms with Crippen LogP contribution in [0.15, 0.2) is 18.2 Å². The van der Waals surface area contributed by atoms with E-state index >= 15 is 0 Å².